The third-order valence-electron chi connectivity index (χ3n) is 5.91. The van der Waals surface area contributed by atoms with E-state index in [1.54, 1.807) is 18.0 Å². The van der Waals surface area contributed by atoms with E-state index in [9.17, 15) is 9.90 Å². The molecule has 0 atom stereocenters. The maximum Gasteiger partial charge on any atom is 0.356 e. The van der Waals surface area contributed by atoms with Gasteiger partial charge >= 0.3 is 5.97 Å². The van der Waals surface area contributed by atoms with Gasteiger partial charge in [-0.1, -0.05) is 49.4 Å². The van der Waals surface area contributed by atoms with Crippen molar-refractivity contribution in [3.05, 3.63) is 78.1 Å². The summed E-state index contributed by atoms with van der Waals surface area (Å²) in [5.74, 6) is 0.833. The van der Waals surface area contributed by atoms with Gasteiger partial charge in [0.2, 0.25) is 0 Å². The summed E-state index contributed by atoms with van der Waals surface area (Å²) in [6, 6.07) is 18.3. The third-order valence-corrected chi connectivity index (χ3v) is 5.91. The molecule has 3 aromatic rings. The van der Waals surface area contributed by atoms with Crippen molar-refractivity contribution in [2.24, 2.45) is 0 Å². The Balaban J connectivity index is 1.42. The number of allylic oxidation sites excluding steroid dienone is 1. The van der Waals surface area contributed by atoms with Crippen LogP contribution in [-0.4, -0.2) is 63.9 Å². The Morgan fingerprint density at radius 3 is 2.45 bits per heavy atom. The number of nitrogens with zero attached hydrogens (tertiary/aromatic N) is 4. The molecular weight excluding hydrogens is 416 g/mol. The molecule has 1 saturated heterocycles. The molecule has 7 heteroatoms. The van der Waals surface area contributed by atoms with Crippen LogP contribution in [0.4, 0.5) is 0 Å². The highest BCUT2D eigenvalue weighted by Gasteiger charge is 2.22. The fourth-order valence-corrected chi connectivity index (χ4v) is 4.18. The minimum Gasteiger partial charge on any atom is -0.496 e. The molecule has 0 aliphatic carbocycles. The van der Waals surface area contributed by atoms with Crippen LogP contribution in [-0.2, 0) is 6.54 Å². The van der Waals surface area contributed by atoms with E-state index in [-0.39, 0.29) is 5.69 Å². The zero-order valence-corrected chi connectivity index (χ0v) is 19.1. The smallest absolute Gasteiger partial charge is 0.356 e. The van der Waals surface area contributed by atoms with Crippen LogP contribution in [0.5, 0.6) is 5.75 Å². The average Bonchev–Trinajstić information content (AvgIpc) is 3.34. The first-order valence-electron chi connectivity index (χ1n) is 11.3. The molecule has 4 rings (SSSR count). The highest BCUT2D eigenvalue weighted by atomic mass is 16.5. The molecule has 0 amide bonds. The summed E-state index contributed by atoms with van der Waals surface area (Å²) in [7, 11) is 1.73. The van der Waals surface area contributed by atoms with Gasteiger partial charge in [0, 0.05) is 44.5 Å². The number of carboxylic acid groups (broad SMARTS) is 1. The zero-order valence-electron chi connectivity index (χ0n) is 19.1. The first-order chi connectivity index (χ1) is 16.1. The largest absolute Gasteiger partial charge is 0.496 e. The van der Waals surface area contributed by atoms with E-state index in [2.05, 4.69) is 58.2 Å². The Labute approximate surface area is 194 Å². The van der Waals surface area contributed by atoms with Gasteiger partial charge in [-0.2, -0.15) is 5.10 Å². The van der Waals surface area contributed by atoms with Crippen LogP contribution in [0.1, 0.15) is 29.4 Å². The first kappa shape index (κ1) is 22.6. The molecule has 2 aromatic carbocycles. The highest BCUT2D eigenvalue weighted by molar-refractivity contribution is 5.85. The molecule has 1 fully saturated rings. The molecule has 0 radical (unpaired) electrons. The van der Waals surface area contributed by atoms with Crippen LogP contribution < -0.4 is 4.74 Å². The standard InChI is InChI=1S/C26H30N4O3/c1-3-7-25(30-13-12-23(27-30)26(31)32)29-16-14-28(15-17-29)19-22-11-10-21(18-24(22)33-2)20-8-5-4-6-9-20/h4-13,18H,3,14-17,19H2,1-2H3,(H,31,32)/b25-7+. The molecule has 7 nitrogen and oxygen atoms in total. The summed E-state index contributed by atoms with van der Waals surface area (Å²) in [6.45, 7) is 6.39. The second-order valence-electron chi connectivity index (χ2n) is 8.08. The van der Waals surface area contributed by atoms with E-state index in [0.29, 0.717) is 0 Å². The number of aromatic nitrogens is 2. The molecule has 0 bridgehead atoms. The SMILES string of the molecule is CC/C=C(\N1CCN(Cc2ccc(-c3ccccc3)cc2OC)CC1)n1ccc(C(=O)O)n1. The van der Waals surface area contributed by atoms with Gasteiger partial charge in [-0.05, 0) is 35.8 Å². The number of rotatable bonds is 8. The average molecular weight is 447 g/mol. The van der Waals surface area contributed by atoms with E-state index in [1.165, 1.54) is 17.2 Å². The molecule has 1 aromatic heterocycles. The van der Waals surface area contributed by atoms with Gasteiger partial charge in [0.1, 0.15) is 11.6 Å². The van der Waals surface area contributed by atoms with E-state index >= 15 is 0 Å². The molecule has 33 heavy (non-hydrogen) atoms. The van der Waals surface area contributed by atoms with Gasteiger partial charge < -0.3 is 14.7 Å². The van der Waals surface area contributed by atoms with Crippen LogP contribution in [0.3, 0.4) is 0 Å². The third kappa shape index (κ3) is 5.26. The van der Waals surface area contributed by atoms with Crippen LogP contribution in [0, 0.1) is 0 Å². The fraction of sp³-hybridized carbons (Fsp3) is 0.308. The van der Waals surface area contributed by atoms with Gasteiger partial charge in [-0.3, -0.25) is 4.90 Å². The number of hydrogen-bond acceptors (Lipinski definition) is 5. The molecule has 0 saturated carbocycles. The summed E-state index contributed by atoms with van der Waals surface area (Å²) < 4.78 is 7.39. The second kappa shape index (κ2) is 10.4. The Morgan fingerprint density at radius 1 is 1.06 bits per heavy atom. The molecule has 0 unspecified atom stereocenters. The lowest BCUT2D eigenvalue weighted by Gasteiger charge is -2.37. The minimum atomic E-state index is -1.01. The monoisotopic (exact) mass is 446 g/mol. The molecular formula is C26H30N4O3. The first-order valence-corrected chi connectivity index (χ1v) is 11.3. The van der Waals surface area contributed by atoms with Crippen LogP contribution in [0.15, 0.2) is 66.9 Å². The van der Waals surface area contributed by atoms with Crippen molar-refractivity contribution in [3.8, 4) is 16.9 Å². The predicted octanol–water partition coefficient (Wildman–Crippen LogP) is 4.28. The zero-order chi connectivity index (χ0) is 23.2. The number of piperazine rings is 1. The topological polar surface area (TPSA) is 70.8 Å². The Kier molecular flexibility index (Phi) is 7.10. The number of carboxylic acids is 1. The maximum absolute atomic E-state index is 11.2. The van der Waals surface area contributed by atoms with Crippen molar-refractivity contribution >= 4 is 11.8 Å². The van der Waals surface area contributed by atoms with E-state index in [0.717, 1.165) is 56.3 Å². The van der Waals surface area contributed by atoms with E-state index in [1.807, 2.05) is 18.2 Å². The number of aromatic carboxylic acids is 1. The van der Waals surface area contributed by atoms with Crippen LogP contribution >= 0.6 is 0 Å². The summed E-state index contributed by atoms with van der Waals surface area (Å²) in [4.78, 5) is 15.9. The molecule has 1 aliphatic rings. The van der Waals surface area contributed by atoms with Crippen LogP contribution in [0.25, 0.3) is 16.9 Å². The van der Waals surface area contributed by atoms with Gasteiger partial charge in [0.15, 0.2) is 5.69 Å². The van der Waals surface area contributed by atoms with Gasteiger partial charge in [0.25, 0.3) is 0 Å². The van der Waals surface area contributed by atoms with Gasteiger partial charge in [-0.15, -0.1) is 0 Å². The van der Waals surface area contributed by atoms with E-state index in [4.69, 9.17) is 4.74 Å². The molecule has 172 valence electrons. The van der Waals surface area contributed by atoms with Crippen molar-refractivity contribution in [1.29, 1.82) is 0 Å². The molecule has 0 spiro atoms. The summed E-state index contributed by atoms with van der Waals surface area (Å²) >= 11 is 0. The van der Waals surface area contributed by atoms with Crippen molar-refractivity contribution in [2.75, 3.05) is 33.3 Å². The number of methoxy groups -OCH3 is 1. The normalized spacial score (nSPS) is 15.0. The Morgan fingerprint density at radius 2 is 1.82 bits per heavy atom. The number of benzene rings is 2. The maximum atomic E-state index is 11.2. The minimum absolute atomic E-state index is 0.0571. The lowest BCUT2D eigenvalue weighted by atomic mass is 10.0. The number of carbonyl (C=O) groups is 1. The number of hydrogen-bond donors (Lipinski definition) is 1. The predicted molar refractivity (Wildman–Crippen MR) is 129 cm³/mol. The Bertz CT molecular complexity index is 1120. The quantitative estimate of drug-likeness (QED) is 0.557. The molecule has 2 heterocycles. The molecule has 1 aliphatic heterocycles. The highest BCUT2D eigenvalue weighted by Crippen LogP contribution is 2.28. The summed E-state index contributed by atoms with van der Waals surface area (Å²) in [5.41, 5.74) is 3.56. The van der Waals surface area contributed by atoms with Gasteiger partial charge in [0.05, 0.1) is 7.11 Å². The fourth-order valence-electron chi connectivity index (χ4n) is 4.18. The van der Waals surface area contributed by atoms with Crippen molar-refractivity contribution in [1.82, 2.24) is 19.6 Å². The van der Waals surface area contributed by atoms with Crippen molar-refractivity contribution in [3.63, 3.8) is 0 Å². The second-order valence-corrected chi connectivity index (χ2v) is 8.08. The Hall–Kier alpha value is -3.58. The lowest BCUT2D eigenvalue weighted by Crippen LogP contribution is -2.45. The van der Waals surface area contributed by atoms with E-state index < -0.39 is 5.97 Å². The summed E-state index contributed by atoms with van der Waals surface area (Å²) in [5, 5.41) is 13.4. The summed E-state index contributed by atoms with van der Waals surface area (Å²) in [6.07, 6.45) is 4.67. The molecule has 1 N–H and O–H groups in total. The van der Waals surface area contributed by atoms with Crippen LogP contribution in [0.2, 0.25) is 0 Å². The van der Waals surface area contributed by atoms with Crippen molar-refractivity contribution < 1.29 is 14.6 Å². The lowest BCUT2D eigenvalue weighted by molar-refractivity contribution is 0.0690. The number of ether oxygens (including phenoxy) is 1. The van der Waals surface area contributed by atoms with Crippen molar-refractivity contribution in [2.45, 2.75) is 19.9 Å². The van der Waals surface area contributed by atoms with Gasteiger partial charge in [-0.25, -0.2) is 9.48 Å².